The van der Waals surface area contributed by atoms with Crippen LogP contribution in [0, 0.1) is 12.3 Å². The molecule has 17 heavy (non-hydrogen) atoms. The van der Waals surface area contributed by atoms with Gasteiger partial charge in [0.15, 0.2) is 12.9 Å². The molecule has 0 amide bonds. The second kappa shape index (κ2) is 6.56. The first-order valence-electron chi connectivity index (χ1n) is 5.02. The third-order valence-electron chi connectivity index (χ3n) is 1.94. The molecule has 0 fully saturated rings. The summed E-state index contributed by atoms with van der Waals surface area (Å²) in [5.41, 5.74) is 0.691. The Bertz CT molecular complexity index is 420. The van der Waals surface area contributed by atoms with E-state index in [0.717, 1.165) is 0 Å². The van der Waals surface area contributed by atoms with Crippen molar-refractivity contribution in [2.45, 2.75) is 13.0 Å². The lowest BCUT2D eigenvalue weighted by Gasteiger charge is -2.12. The van der Waals surface area contributed by atoms with E-state index in [0.29, 0.717) is 11.3 Å². The van der Waals surface area contributed by atoms with Gasteiger partial charge in [0.25, 0.3) is 0 Å². The Morgan fingerprint density at radius 2 is 2.29 bits per heavy atom. The zero-order valence-electron chi connectivity index (χ0n) is 9.80. The predicted molar refractivity (Wildman–Crippen MR) is 62.3 cm³/mol. The fourth-order valence-corrected chi connectivity index (χ4v) is 1.26. The van der Waals surface area contributed by atoms with Crippen LogP contribution >= 0.6 is 0 Å². The molecular weight excluding hydrogens is 220 g/mol. The molecule has 4 nitrogen and oxygen atoms in total. The van der Waals surface area contributed by atoms with Crippen LogP contribution in [0.3, 0.4) is 0 Å². The van der Waals surface area contributed by atoms with Gasteiger partial charge in [0.2, 0.25) is 0 Å². The Morgan fingerprint density at radius 1 is 1.53 bits per heavy atom. The summed E-state index contributed by atoms with van der Waals surface area (Å²) in [5, 5.41) is 0. The minimum absolute atomic E-state index is 0.151. The molecule has 0 aliphatic carbocycles. The Kier molecular flexibility index (Phi) is 5.05. The van der Waals surface area contributed by atoms with E-state index in [9.17, 15) is 4.79 Å². The van der Waals surface area contributed by atoms with Crippen LogP contribution in [0.4, 0.5) is 0 Å². The van der Waals surface area contributed by atoms with Crippen molar-refractivity contribution < 1.29 is 19.0 Å². The van der Waals surface area contributed by atoms with Gasteiger partial charge < -0.3 is 14.2 Å². The van der Waals surface area contributed by atoms with E-state index < -0.39 is 12.1 Å². The zero-order chi connectivity index (χ0) is 12.7. The Morgan fingerprint density at radius 3 is 2.88 bits per heavy atom. The van der Waals surface area contributed by atoms with Crippen LogP contribution < -0.4 is 4.74 Å². The van der Waals surface area contributed by atoms with Crippen molar-refractivity contribution in [2.75, 3.05) is 13.9 Å². The molecule has 0 N–H and O–H groups in total. The lowest BCUT2D eigenvalue weighted by atomic mass is 10.1. The molecule has 0 saturated carbocycles. The SMILES string of the molecule is C#CC(OC(C)=O)c1cccc(OCOC)c1. The highest BCUT2D eigenvalue weighted by Crippen LogP contribution is 2.21. The van der Waals surface area contributed by atoms with Gasteiger partial charge >= 0.3 is 5.97 Å². The molecule has 4 heteroatoms. The van der Waals surface area contributed by atoms with E-state index in [-0.39, 0.29) is 6.79 Å². The van der Waals surface area contributed by atoms with Gasteiger partial charge in [-0.1, -0.05) is 18.1 Å². The van der Waals surface area contributed by atoms with E-state index in [1.54, 1.807) is 24.3 Å². The highest BCUT2D eigenvalue weighted by atomic mass is 16.7. The fraction of sp³-hybridized carbons (Fsp3) is 0.308. The van der Waals surface area contributed by atoms with Crippen molar-refractivity contribution in [3.05, 3.63) is 29.8 Å². The third-order valence-corrected chi connectivity index (χ3v) is 1.94. The molecule has 0 aliphatic rings. The standard InChI is InChI=1S/C13H14O4/c1-4-13(17-10(2)14)11-6-5-7-12(8-11)16-9-15-3/h1,5-8,13H,9H2,2-3H3. The minimum atomic E-state index is -0.696. The van der Waals surface area contributed by atoms with Gasteiger partial charge in [0, 0.05) is 19.6 Å². The monoisotopic (exact) mass is 234 g/mol. The summed E-state index contributed by atoms with van der Waals surface area (Å²) in [6, 6.07) is 7.03. The number of hydrogen-bond acceptors (Lipinski definition) is 4. The summed E-state index contributed by atoms with van der Waals surface area (Å²) in [6.45, 7) is 1.47. The maximum absolute atomic E-state index is 10.9. The van der Waals surface area contributed by atoms with Gasteiger partial charge in [-0.2, -0.15) is 0 Å². The minimum Gasteiger partial charge on any atom is -0.468 e. The number of methoxy groups -OCH3 is 1. The Hall–Kier alpha value is -1.99. The third kappa shape index (κ3) is 4.17. The first-order chi connectivity index (χ1) is 8.17. The van der Waals surface area contributed by atoms with E-state index in [1.165, 1.54) is 14.0 Å². The number of terminal acetylenes is 1. The molecule has 1 aromatic rings. The summed E-state index contributed by atoms with van der Waals surface area (Å²) < 4.78 is 15.0. The summed E-state index contributed by atoms with van der Waals surface area (Å²) in [6.07, 6.45) is 4.61. The van der Waals surface area contributed by atoms with Crippen LogP contribution in [0.1, 0.15) is 18.6 Å². The molecule has 90 valence electrons. The first kappa shape index (κ1) is 13.1. The van der Waals surface area contributed by atoms with Gasteiger partial charge in [-0.25, -0.2) is 0 Å². The van der Waals surface area contributed by atoms with Crippen molar-refractivity contribution in [3.8, 4) is 18.1 Å². The number of rotatable bonds is 5. The smallest absolute Gasteiger partial charge is 0.304 e. The molecule has 1 unspecified atom stereocenters. The molecule has 1 atom stereocenters. The number of ether oxygens (including phenoxy) is 3. The largest absolute Gasteiger partial charge is 0.468 e. The van der Waals surface area contributed by atoms with Crippen LogP contribution in [0.5, 0.6) is 5.75 Å². The molecule has 0 bridgehead atoms. The molecule has 0 radical (unpaired) electrons. The van der Waals surface area contributed by atoms with Crippen molar-refractivity contribution in [1.82, 2.24) is 0 Å². The van der Waals surface area contributed by atoms with Crippen molar-refractivity contribution in [1.29, 1.82) is 0 Å². The van der Waals surface area contributed by atoms with E-state index in [2.05, 4.69) is 5.92 Å². The van der Waals surface area contributed by atoms with Crippen molar-refractivity contribution in [2.24, 2.45) is 0 Å². The van der Waals surface area contributed by atoms with E-state index in [1.807, 2.05) is 0 Å². The second-order valence-electron chi connectivity index (χ2n) is 3.28. The summed E-state index contributed by atoms with van der Waals surface area (Å²) >= 11 is 0. The van der Waals surface area contributed by atoms with Gasteiger partial charge in [-0.15, -0.1) is 6.42 Å². The molecule has 1 aromatic carbocycles. The predicted octanol–water partition coefficient (Wildman–Crippen LogP) is 1.91. The Balaban J connectivity index is 2.82. The van der Waals surface area contributed by atoms with E-state index >= 15 is 0 Å². The average Bonchev–Trinajstić information content (AvgIpc) is 2.33. The van der Waals surface area contributed by atoms with E-state index in [4.69, 9.17) is 20.6 Å². The second-order valence-corrected chi connectivity index (χ2v) is 3.28. The number of hydrogen-bond donors (Lipinski definition) is 0. The maximum atomic E-state index is 10.9. The first-order valence-corrected chi connectivity index (χ1v) is 5.02. The summed E-state index contributed by atoms with van der Waals surface area (Å²) in [7, 11) is 1.53. The molecule has 1 rings (SSSR count). The van der Waals surface area contributed by atoms with Gasteiger partial charge in [0.1, 0.15) is 5.75 Å². The number of esters is 1. The fourth-order valence-electron chi connectivity index (χ4n) is 1.26. The zero-order valence-corrected chi connectivity index (χ0v) is 9.80. The number of benzene rings is 1. The van der Waals surface area contributed by atoms with Gasteiger partial charge in [0.05, 0.1) is 0 Å². The highest BCUT2D eigenvalue weighted by molar-refractivity contribution is 5.66. The number of carbonyl (C=O) groups is 1. The van der Waals surface area contributed by atoms with Crippen molar-refractivity contribution >= 4 is 5.97 Å². The molecule has 0 aliphatic heterocycles. The quantitative estimate of drug-likeness (QED) is 0.443. The maximum Gasteiger partial charge on any atom is 0.304 e. The summed E-state index contributed by atoms with van der Waals surface area (Å²) in [4.78, 5) is 10.9. The van der Waals surface area contributed by atoms with Crippen LogP contribution in [0.25, 0.3) is 0 Å². The molecule has 0 aromatic heterocycles. The molecule has 0 saturated heterocycles. The van der Waals surface area contributed by atoms with Crippen LogP contribution in [0.15, 0.2) is 24.3 Å². The lowest BCUT2D eigenvalue weighted by Crippen LogP contribution is -2.07. The lowest BCUT2D eigenvalue weighted by molar-refractivity contribution is -0.144. The Labute approximate surface area is 100 Å². The van der Waals surface area contributed by atoms with Crippen molar-refractivity contribution in [3.63, 3.8) is 0 Å². The molecule has 0 heterocycles. The van der Waals surface area contributed by atoms with Gasteiger partial charge in [-0.3, -0.25) is 4.79 Å². The molecule has 0 spiro atoms. The highest BCUT2D eigenvalue weighted by Gasteiger charge is 2.11. The van der Waals surface area contributed by atoms with Crippen LogP contribution in [0.2, 0.25) is 0 Å². The number of carbonyl (C=O) groups excluding carboxylic acids is 1. The normalized spacial score (nSPS) is 11.4. The van der Waals surface area contributed by atoms with Crippen LogP contribution in [-0.2, 0) is 14.3 Å². The molecular formula is C13H14O4. The topological polar surface area (TPSA) is 44.8 Å². The van der Waals surface area contributed by atoms with Crippen LogP contribution in [-0.4, -0.2) is 19.9 Å². The summed E-state index contributed by atoms with van der Waals surface area (Å²) in [5.74, 6) is 2.59. The van der Waals surface area contributed by atoms with Gasteiger partial charge in [-0.05, 0) is 12.1 Å². The average molecular weight is 234 g/mol.